The summed E-state index contributed by atoms with van der Waals surface area (Å²) in [6.45, 7) is 0. The number of rotatable bonds is 1. The monoisotopic (exact) mass is 212 g/mol. The molecule has 0 unspecified atom stereocenters. The molecule has 1 aromatic heterocycles. The van der Waals surface area contributed by atoms with Crippen molar-refractivity contribution in [2.45, 2.75) is 0 Å². The van der Waals surface area contributed by atoms with Gasteiger partial charge in [-0.15, -0.1) is 0 Å². The standard InChI is InChI=1S/C8H8N2O3S/c1-14(2,12)10-8(11)7-4-3-6(5-9)13-7/h3-4H,1-2H3. The Morgan fingerprint density at radius 1 is 1.57 bits per heavy atom. The predicted molar refractivity (Wildman–Crippen MR) is 50.2 cm³/mol. The molecule has 1 aromatic rings. The fourth-order valence-corrected chi connectivity index (χ4v) is 1.25. The molecule has 0 spiro atoms. The van der Waals surface area contributed by atoms with Gasteiger partial charge in [-0.25, -0.2) is 4.21 Å². The van der Waals surface area contributed by atoms with Crippen LogP contribution in [0.1, 0.15) is 16.3 Å². The first kappa shape index (κ1) is 10.5. The molecule has 0 aromatic carbocycles. The van der Waals surface area contributed by atoms with Crippen molar-refractivity contribution in [1.82, 2.24) is 0 Å². The molecule has 1 rings (SSSR count). The summed E-state index contributed by atoms with van der Waals surface area (Å²) in [4.78, 5) is 11.2. The van der Waals surface area contributed by atoms with Gasteiger partial charge in [0.25, 0.3) is 0 Å². The van der Waals surface area contributed by atoms with Gasteiger partial charge in [0.1, 0.15) is 6.07 Å². The van der Waals surface area contributed by atoms with Crippen molar-refractivity contribution in [1.29, 1.82) is 5.26 Å². The molecule has 0 saturated carbocycles. The van der Waals surface area contributed by atoms with Gasteiger partial charge in [0.2, 0.25) is 5.76 Å². The van der Waals surface area contributed by atoms with Gasteiger partial charge in [-0.05, 0) is 12.1 Å². The van der Waals surface area contributed by atoms with Gasteiger partial charge in [0.05, 0.1) is 0 Å². The lowest BCUT2D eigenvalue weighted by Crippen LogP contribution is -1.99. The van der Waals surface area contributed by atoms with Gasteiger partial charge in [0.15, 0.2) is 5.76 Å². The van der Waals surface area contributed by atoms with Crippen molar-refractivity contribution in [2.24, 2.45) is 4.36 Å². The summed E-state index contributed by atoms with van der Waals surface area (Å²) in [7, 11) is -2.49. The first-order chi connectivity index (χ1) is 6.42. The minimum atomic E-state index is -2.49. The first-order valence-corrected chi connectivity index (χ1v) is 5.97. The number of hydrogen-bond donors (Lipinski definition) is 0. The van der Waals surface area contributed by atoms with Gasteiger partial charge in [-0.2, -0.15) is 9.62 Å². The third-order valence-corrected chi connectivity index (χ3v) is 1.84. The molecule has 0 bridgehead atoms. The molecule has 0 aliphatic heterocycles. The number of carbonyl (C=O) groups is 1. The van der Waals surface area contributed by atoms with E-state index >= 15 is 0 Å². The molecule has 0 atom stereocenters. The topological polar surface area (TPSA) is 83.4 Å². The lowest BCUT2D eigenvalue weighted by Gasteiger charge is -1.91. The highest BCUT2D eigenvalue weighted by Gasteiger charge is 2.10. The molecule has 0 fully saturated rings. The lowest BCUT2D eigenvalue weighted by atomic mass is 10.4. The number of carbonyl (C=O) groups excluding carboxylic acids is 1. The van der Waals surface area contributed by atoms with E-state index in [1.54, 1.807) is 6.07 Å². The second kappa shape index (κ2) is 3.64. The van der Waals surface area contributed by atoms with Crippen molar-refractivity contribution >= 4 is 15.6 Å². The summed E-state index contributed by atoms with van der Waals surface area (Å²) in [5, 5.41) is 8.42. The SMILES string of the molecule is CS(C)(=O)=NC(=O)c1ccc(C#N)o1. The highest BCUT2D eigenvalue weighted by molar-refractivity contribution is 7.92. The molecule has 0 N–H and O–H groups in total. The Morgan fingerprint density at radius 3 is 2.64 bits per heavy atom. The highest BCUT2D eigenvalue weighted by Crippen LogP contribution is 2.08. The Morgan fingerprint density at radius 2 is 2.21 bits per heavy atom. The minimum Gasteiger partial charge on any atom is -0.440 e. The second-order valence-electron chi connectivity index (χ2n) is 2.85. The van der Waals surface area contributed by atoms with Crippen LogP contribution >= 0.6 is 0 Å². The maximum atomic E-state index is 11.2. The smallest absolute Gasteiger partial charge is 0.320 e. The maximum Gasteiger partial charge on any atom is 0.320 e. The average molecular weight is 212 g/mol. The Balaban J connectivity index is 3.04. The van der Waals surface area contributed by atoms with Gasteiger partial charge in [-0.1, -0.05) is 0 Å². The fourth-order valence-electron chi connectivity index (χ4n) is 0.758. The maximum absolute atomic E-state index is 11.2. The van der Waals surface area contributed by atoms with Crippen LogP contribution in [0.5, 0.6) is 0 Å². The molecule has 1 amide bonds. The van der Waals surface area contributed by atoms with E-state index in [9.17, 15) is 9.00 Å². The number of amides is 1. The highest BCUT2D eigenvalue weighted by atomic mass is 32.2. The van der Waals surface area contributed by atoms with Crippen LogP contribution < -0.4 is 0 Å². The summed E-state index contributed by atoms with van der Waals surface area (Å²) in [6.07, 6.45) is 2.69. The van der Waals surface area contributed by atoms with E-state index in [1.165, 1.54) is 24.6 Å². The van der Waals surface area contributed by atoms with Crippen molar-refractivity contribution in [3.8, 4) is 6.07 Å². The number of furan rings is 1. The lowest BCUT2D eigenvalue weighted by molar-refractivity contribution is 0.0978. The molecule has 6 heteroatoms. The van der Waals surface area contributed by atoms with Gasteiger partial charge in [0, 0.05) is 22.2 Å². The molecule has 0 aliphatic rings. The summed E-state index contributed by atoms with van der Waals surface area (Å²) in [5.74, 6) is -0.748. The van der Waals surface area contributed by atoms with Crippen molar-refractivity contribution < 1.29 is 13.4 Å². The van der Waals surface area contributed by atoms with Crippen LogP contribution in [0, 0.1) is 11.3 Å². The zero-order valence-electron chi connectivity index (χ0n) is 7.68. The Labute approximate surface area is 81.5 Å². The van der Waals surface area contributed by atoms with E-state index in [0.29, 0.717) is 0 Å². The molecular formula is C8H8N2O3S. The van der Waals surface area contributed by atoms with E-state index in [2.05, 4.69) is 4.36 Å². The van der Waals surface area contributed by atoms with E-state index in [0.717, 1.165) is 0 Å². The van der Waals surface area contributed by atoms with E-state index in [1.807, 2.05) is 0 Å². The molecule has 74 valence electrons. The molecule has 0 radical (unpaired) electrons. The fraction of sp³-hybridized carbons (Fsp3) is 0.250. The van der Waals surface area contributed by atoms with Crippen molar-refractivity contribution in [2.75, 3.05) is 12.5 Å². The molecule has 14 heavy (non-hydrogen) atoms. The second-order valence-corrected chi connectivity index (χ2v) is 5.40. The first-order valence-electron chi connectivity index (χ1n) is 3.64. The van der Waals surface area contributed by atoms with Gasteiger partial charge >= 0.3 is 5.91 Å². The van der Waals surface area contributed by atoms with Crippen molar-refractivity contribution in [3.05, 3.63) is 23.7 Å². The van der Waals surface area contributed by atoms with Gasteiger partial charge in [-0.3, -0.25) is 4.79 Å². The summed E-state index contributed by atoms with van der Waals surface area (Å²) < 4.78 is 19.4. The van der Waals surface area contributed by atoms with Crippen LogP contribution in [0.25, 0.3) is 0 Å². The summed E-state index contributed by atoms with van der Waals surface area (Å²) in [6, 6.07) is 4.42. The van der Waals surface area contributed by atoms with Crippen LogP contribution in [0.4, 0.5) is 0 Å². The van der Waals surface area contributed by atoms with Crippen LogP contribution in [0.15, 0.2) is 20.9 Å². The van der Waals surface area contributed by atoms with Crippen molar-refractivity contribution in [3.63, 3.8) is 0 Å². The third kappa shape index (κ3) is 2.71. The van der Waals surface area contributed by atoms with Crippen LogP contribution in [0.3, 0.4) is 0 Å². The minimum absolute atomic E-state index is 0.0299. The molecule has 5 nitrogen and oxygen atoms in total. The Bertz CT molecular complexity index is 507. The van der Waals surface area contributed by atoms with E-state index < -0.39 is 15.6 Å². The summed E-state index contributed by atoms with van der Waals surface area (Å²) in [5.41, 5.74) is 0. The Kier molecular flexibility index (Phi) is 2.72. The molecule has 0 aliphatic carbocycles. The number of nitrogens with zero attached hydrogens (tertiary/aromatic N) is 2. The largest absolute Gasteiger partial charge is 0.440 e. The van der Waals surface area contributed by atoms with Crippen LogP contribution in [-0.4, -0.2) is 22.6 Å². The van der Waals surface area contributed by atoms with Gasteiger partial charge < -0.3 is 4.42 Å². The Hall–Kier alpha value is -1.61. The zero-order valence-corrected chi connectivity index (χ0v) is 8.50. The molecular weight excluding hydrogens is 204 g/mol. The normalized spacial score (nSPS) is 10.6. The third-order valence-electron chi connectivity index (χ3n) is 1.23. The zero-order chi connectivity index (χ0) is 10.8. The van der Waals surface area contributed by atoms with Crippen LogP contribution in [0.2, 0.25) is 0 Å². The quantitative estimate of drug-likeness (QED) is 0.695. The predicted octanol–water partition coefficient (Wildman–Crippen LogP) is 1.02. The summed E-state index contributed by atoms with van der Waals surface area (Å²) >= 11 is 0. The van der Waals surface area contributed by atoms with Crippen LogP contribution in [-0.2, 0) is 9.73 Å². The molecule has 1 heterocycles. The number of hydrogen-bond acceptors (Lipinski definition) is 4. The molecule has 0 saturated heterocycles. The number of nitriles is 1. The van der Waals surface area contributed by atoms with E-state index in [-0.39, 0.29) is 11.5 Å². The average Bonchev–Trinajstić information content (AvgIpc) is 2.48. The van der Waals surface area contributed by atoms with E-state index in [4.69, 9.17) is 9.68 Å².